The van der Waals surface area contributed by atoms with E-state index in [0.717, 1.165) is 61.3 Å². The van der Waals surface area contributed by atoms with Gasteiger partial charge in [-0.05, 0) is 78.6 Å². The SMILES string of the molecule is Fc1ccc(C(CCCN2CC=C(NOCc3ccc(Cl)cc3)CC2)c2ccc(F)cc2)cc1. The van der Waals surface area contributed by atoms with E-state index in [4.69, 9.17) is 16.4 Å². The fraction of sp³-hybridized carbons (Fsp3) is 0.286. The number of hydrogen-bond acceptors (Lipinski definition) is 3. The van der Waals surface area contributed by atoms with Crippen molar-refractivity contribution in [1.29, 1.82) is 0 Å². The lowest BCUT2D eigenvalue weighted by atomic mass is 9.87. The molecule has 0 saturated heterocycles. The number of nitrogens with zero attached hydrogens (tertiary/aromatic N) is 1. The molecule has 0 aromatic heterocycles. The molecule has 4 rings (SSSR count). The Morgan fingerprint density at radius 3 is 2.06 bits per heavy atom. The van der Waals surface area contributed by atoms with Gasteiger partial charge in [0.1, 0.15) is 11.6 Å². The van der Waals surface area contributed by atoms with Crippen LogP contribution >= 0.6 is 11.6 Å². The second-order valence-electron chi connectivity index (χ2n) is 8.60. The van der Waals surface area contributed by atoms with Gasteiger partial charge in [-0.3, -0.25) is 15.2 Å². The van der Waals surface area contributed by atoms with Gasteiger partial charge in [-0.1, -0.05) is 48.0 Å². The molecule has 1 aliphatic rings. The van der Waals surface area contributed by atoms with Gasteiger partial charge in [0.15, 0.2) is 0 Å². The zero-order valence-electron chi connectivity index (χ0n) is 19.0. The monoisotopic (exact) mass is 482 g/mol. The summed E-state index contributed by atoms with van der Waals surface area (Å²) in [6, 6.07) is 20.9. The summed E-state index contributed by atoms with van der Waals surface area (Å²) >= 11 is 5.91. The third kappa shape index (κ3) is 7.13. The Labute approximate surface area is 205 Å². The van der Waals surface area contributed by atoms with Gasteiger partial charge in [-0.2, -0.15) is 0 Å². The third-order valence-electron chi connectivity index (χ3n) is 6.16. The van der Waals surface area contributed by atoms with E-state index in [1.54, 1.807) is 0 Å². The highest BCUT2D eigenvalue weighted by Crippen LogP contribution is 2.30. The predicted molar refractivity (Wildman–Crippen MR) is 132 cm³/mol. The molecular formula is C28H29ClF2N2O. The van der Waals surface area contributed by atoms with E-state index in [1.807, 2.05) is 48.5 Å². The van der Waals surface area contributed by atoms with Crippen molar-refractivity contribution < 1.29 is 13.6 Å². The van der Waals surface area contributed by atoms with Crippen molar-refractivity contribution in [3.63, 3.8) is 0 Å². The highest BCUT2D eigenvalue weighted by atomic mass is 35.5. The molecule has 0 aliphatic carbocycles. The van der Waals surface area contributed by atoms with Gasteiger partial charge < -0.3 is 0 Å². The van der Waals surface area contributed by atoms with Gasteiger partial charge in [0, 0.05) is 36.1 Å². The number of halogens is 3. The van der Waals surface area contributed by atoms with Crippen molar-refractivity contribution in [3.05, 3.63) is 118 Å². The number of nitrogens with one attached hydrogen (secondary N) is 1. The Morgan fingerprint density at radius 2 is 1.50 bits per heavy atom. The molecule has 0 spiro atoms. The van der Waals surface area contributed by atoms with Crippen LogP contribution in [0.4, 0.5) is 8.78 Å². The highest BCUT2D eigenvalue weighted by molar-refractivity contribution is 6.30. The summed E-state index contributed by atoms with van der Waals surface area (Å²) in [6.07, 6.45) is 4.97. The van der Waals surface area contributed by atoms with Crippen LogP contribution in [0.25, 0.3) is 0 Å². The fourth-order valence-corrected chi connectivity index (χ4v) is 4.36. The maximum Gasteiger partial charge on any atom is 0.123 e. The molecule has 0 bridgehead atoms. The highest BCUT2D eigenvalue weighted by Gasteiger charge is 2.17. The molecule has 0 atom stereocenters. The number of rotatable bonds is 10. The average molecular weight is 483 g/mol. The second kappa shape index (κ2) is 12.1. The van der Waals surface area contributed by atoms with Crippen LogP contribution in [0.2, 0.25) is 5.02 Å². The Bertz CT molecular complexity index is 1020. The minimum absolute atomic E-state index is 0.111. The topological polar surface area (TPSA) is 24.5 Å². The van der Waals surface area contributed by atoms with Crippen molar-refractivity contribution in [1.82, 2.24) is 10.4 Å². The Hall–Kier alpha value is -2.73. The first-order valence-corrected chi connectivity index (χ1v) is 12.0. The lowest BCUT2D eigenvalue weighted by molar-refractivity contribution is 0.0440. The maximum atomic E-state index is 13.4. The van der Waals surface area contributed by atoms with Crippen LogP contribution in [-0.2, 0) is 11.4 Å². The summed E-state index contributed by atoms with van der Waals surface area (Å²) in [7, 11) is 0. The molecule has 0 unspecified atom stereocenters. The fourth-order valence-electron chi connectivity index (χ4n) is 4.23. The second-order valence-corrected chi connectivity index (χ2v) is 9.03. The van der Waals surface area contributed by atoms with Crippen molar-refractivity contribution in [3.8, 4) is 0 Å². The molecule has 0 radical (unpaired) electrons. The van der Waals surface area contributed by atoms with E-state index in [9.17, 15) is 8.78 Å². The zero-order valence-corrected chi connectivity index (χ0v) is 19.8. The number of hydroxylamine groups is 1. The van der Waals surface area contributed by atoms with E-state index in [0.29, 0.717) is 11.6 Å². The molecule has 0 saturated carbocycles. The number of benzene rings is 3. The molecule has 1 heterocycles. The molecule has 178 valence electrons. The lowest BCUT2D eigenvalue weighted by Crippen LogP contribution is -2.32. The van der Waals surface area contributed by atoms with Gasteiger partial charge >= 0.3 is 0 Å². The van der Waals surface area contributed by atoms with Crippen molar-refractivity contribution >= 4 is 11.6 Å². The van der Waals surface area contributed by atoms with E-state index in [-0.39, 0.29) is 17.6 Å². The third-order valence-corrected chi connectivity index (χ3v) is 6.41. The van der Waals surface area contributed by atoms with Crippen molar-refractivity contribution in [2.45, 2.75) is 31.8 Å². The van der Waals surface area contributed by atoms with Gasteiger partial charge in [-0.25, -0.2) is 8.78 Å². The van der Waals surface area contributed by atoms with E-state index < -0.39 is 0 Å². The molecule has 3 aromatic rings. The zero-order chi connectivity index (χ0) is 23.8. The van der Waals surface area contributed by atoms with Crippen molar-refractivity contribution in [2.75, 3.05) is 19.6 Å². The molecule has 1 aliphatic heterocycles. The molecule has 1 N–H and O–H groups in total. The summed E-state index contributed by atoms with van der Waals surface area (Å²) in [5, 5.41) is 0.716. The van der Waals surface area contributed by atoms with E-state index >= 15 is 0 Å². The summed E-state index contributed by atoms with van der Waals surface area (Å²) < 4.78 is 26.9. The van der Waals surface area contributed by atoms with Gasteiger partial charge in [0.2, 0.25) is 0 Å². The molecule has 3 nitrogen and oxygen atoms in total. The molecule has 0 fully saturated rings. The Balaban J connectivity index is 1.25. The van der Waals surface area contributed by atoms with Crippen LogP contribution in [0.15, 0.2) is 84.6 Å². The average Bonchev–Trinajstić information content (AvgIpc) is 2.85. The molecule has 0 amide bonds. The van der Waals surface area contributed by atoms with Crippen molar-refractivity contribution in [2.24, 2.45) is 0 Å². The maximum absolute atomic E-state index is 13.4. The summed E-state index contributed by atoms with van der Waals surface area (Å²) in [4.78, 5) is 8.04. The first kappa shape index (κ1) is 24.4. The minimum atomic E-state index is -0.247. The Kier molecular flexibility index (Phi) is 8.69. The van der Waals surface area contributed by atoms with Crippen LogP contribution in [-0.4, -0.2) is 24.5 Å². The minimum Gasteiger partial charge on any atom is -0.299 e. The van der Waals surface area contributed by atoms with Gasteiger partial charge in [0.05, 0.1) is 6.61 Å². The lowest BCUT2D eigenvalue weighted by Gasteiger charge is -2.27. The van der Waals surface area contributed by atoms with Gasteiger partial charge in [0.25, 0.3) is 0 Å². The summed E-state index contributed by atoms with van der Waals surface area (Å²) in [5.41, 5.74) is 7.34. The standard InChI is InChI=1S/C28H29ClF2N2O/c29-24-9-3-21(4-10-24)20-34-32-27-15-18-33(19-16-27)17-1-2-28(22-5-11-25(30)12-6-22)23-7-13-26(31)14-8-23/h3-15,28,32H,1-2,16-20H2. The van der Waals surface area contributed by atoms with Crippen LogP contribution in [0.5, 0.6) is 0 Å². The molecular weight excluding hydrogens is 454 g/mol. The molecule has 3 aromatic carbocycles. The van der Waals surface area contributed by atoms with Crippen LogP contribution in [0.3, 0.4) is 0 Å². The van der Waals surface area contributed by atoms with Crippen LogP contribution in [0, 0.1) is 11.6 Å². The van der Waals surface area contributed by atoms with E-state index in [1.165, 1.54) is 24.3 Å². The van der Waals surface area contributed by atoms with E-state index in [2.05, 4.69) is 16.5 Å². The van der Waals surface area contributed by atoms with Crippen LogP contribution in [0.1, 0.15) is 41.9 Å². The summed E-state index contributed by atoms with van der Waals surface area (Å²) in [5.74, 6) is -0.383. The summed E-state index contributed by atoms with van der Waals surface area (Å²) in [6.45, 7) is 3.27. The van der Waals surface area contributed by atoms with Gasteiger partial charge in [-0.15, -0.1) is 0 Å². The molecule has 6 heteroatoms. The first-order chi connectivity index (χ1) is 16.6. The predicted octanol–water partition coefficient (Wildman–Crippen LogP) is 6.84. The quantitative estimate of drug-likeness (QED) is 0.320. The smallest absolute Gasteiger partial charge is 0.123 e. The first-order valence-electron chi connectivity index (χ1n) is 11.6. The van der Waals surface area contributed by atoms with Crippen LogP contribution < -0.4 is 5.48 Å². The Morgan fingerprint density at radius 1 is 0.882 bits per heavy atom. The molecule has 34 heavy (non-hydrogen) atoms. The normalized spacial score (nSPS) is 14.3. The largest absolute Gasteiger partial charge is 0.299 e. The number of hydrogen-bond donors (Lipinski definition) is 1.